The number of oxime groups is 1. The second-order valence-corrected chi connectivity index (χ2v) is 7.77. The molecule has 1 aliphatic rings. The molecule has 0 bridgehead atoms. The first-order valence-electron chi connectivity index (χ1n) is 9.72. The summed E-state index contributed by atoms with van der Waals surface area (Å²) in [7, 11) is 1.98. The second-order valence-electron chi connectivity index (χ2n) is 7.37. The maximum absolute atomic E-state index is 14.4. The van der Waals surface area contributed by atoms with Crippen LogP contribution < -0.4 is 10.6 Å². The average Bonchev–Trinajstić information content (AvgIpc) is 3.20. The molecule has 32 heavy (non-hydrogen) atoms. The van der Waals surface area contributed by atoms with Crippen LogP contribution in [0, 0.1) is 17.5 Å². The van der Waals surface area contributed by atoms with E-state index in [2.05, 4.69) is 30.7 Å². The molecule has 1 atom stereocenters. The Balaban J connectivity index is 1.63. The highest BCUT2D eigenvalue weighted by Gasteiger charge is 2.22. The maximum Gasteiger partial charge on any atom is 0.201 e. The van der Waals surface area contributed by atoms with E-state index in [0.717, 1.165) is 18.7 Å². The van der Waals surface area contributed by atoms with Crippen molar-refractivity contribution >= 4 is 40.1 Å². The van der Waals surface area contributed by atoms with Crippen LogP contribution in [0.5, 0.6) is 0 Å². The fourth-order valence-corrected chi connectivity index (χ4v) is 3.61. The van der Waals surface area contributed by atoms with Crippen molar-refractivity contribution in [1.82, 2.24) is 14.9 Å². The first-order valence-corrected chi connectivity index (χ1v) is 10.1. The number of hydrogen-bond donors (Lipinski definition) is 4. The van der Waals surface area contributed by atoms with E-state index in [1.54, 1.807) is 0 Å². The number of aromatic nitrogens is 2. The van der Waals surface area contributed by atoms with Crippen LogP contribution in [0.15, 0.2) is 29.4 Å². The van der Waals surface area contributed by atoms with Gasteiger partial charge >= 0.3 is 0 Å². The largest absolute Gasteiger partial charge is 0.409 e. The monoisotopic (exact) mass is 468 g/mol. The number of benzene rings is 2. The van der Waals surface area contributed by atoms with Crippen molar-refractivity contribution in [2.24, 2.45) is 5.16 Å². The molecular formula is C20H20ClF3N6O2. The van der Waals surface area contributed by atoms with Crippen LogP contribution in [0.4, 0.5) is 24.8 Å². The van der Waals surface area contributed by atoms with Crippen LogP contribution in [0.25, 0.3) is 11.0 Å². The minimum absolute atomic E-state index is 0.0102. The summed E-state index contributed by atoms with van der Waals surface area (Å²) >= 11 is 5.77. The van der Waals surface area contributed by atoms with Crippen LogP contribution >= 0.6 is 11.6 Å². The Morgan fingerprint density at radius 3 is 2.88 bits per heavy atom. The van der Waals surface area contributed by atoms with Gasteiger partial charge in [0.1, 0.15) is 11.3 Å². The third-order valence-electron chi connectivity index (χ3n) is 5.04. The van der Waals surface area contributed by atoms with Gasteiger partial charge in [0.2, 0.25) is 5.95 Å². The Kier molecular flexibility index (Phi) is 6.40. The molecule has 0 amide bonds. The number of halogens is 4. The second kappa shape index (κ2) is 9.23. The molecule has 2 aromatic carbocycles. The summed E-state index contributed by atoms with van der Waals surface area (Å²) in [4.78, 5) is 9.11. The summed E-state index contributed by atoms with van der Waals surface area (Å²) in [6.45, 7) is 2.55. The Labute approximate surface area is 186 Å². The number of fused-ring (bicyclic) bond motifs is 1. The standard InChI is InChI=1S/C20H20ClF3N6O2/c1-30-4-5-32-11(9-30)8-25-20-27-17-12(7-15(23)16(24)18(17)28-20)19(29-31)26-10-2-3-14(22)13(21)6-10/h2-3,6-7,11,31H,4-5,8-9H2,1H3,(H,26,29)(H2,25,27,28). The van der Waals surface area contributed by atoms with Gasteiger partial charge in [0.05, 0.1) is 23.3 Å². The number of anilines is 2. The molecule has 4 N–H and O–H groups in total. The predicted octanol–water partition coefficient (Wildman–Crippen LogP) is 3.62. The fraction of sp³-hybridized carbons (Fsp3) is 0.300. The van der Waals surface area contributed by atoms with Gasteiger partial charge in [-0.15, -0.1) is 0 Å². The van der Waals surface area contributed by atoms with Crippen LogP contribution in [-0.4, -0.2) is 65.3 Å². The lowest BCUT2D eigenvalue weighted by atomic mass is 10.1. The predicted molar refractivity (Wildman–Crippen MR) is 115 cm³/mol. The Morgan fingerprint density at radius 2 is 2.16 bits per heavy atom. The lowest BCUT2D eigenvalue weighted by molar-refractivity contribution is -0.0117. The Bertz CT molecular complexity index is 1170. The molecule has 3 aromatic rings. The quantitative estimate of drug-likeness (QED) is 0.198. The molecule has 1 aliphatic heterocycles. The van der Waals surface area contributed by atoms with E-state index in [1.165, 1.54) is 12.1 Å². The first kappa shape index (κ1) is 22.2. The fourth-order valence-electron chi connectivity index (χ4n) is 3.43. The van der Waals surface area contributed by atoms with Crippen molar-refractivity contribution in [2.45, 2.75) is 6.10 Å². The van der Waals surface area contributed by atoms with Crippen LogP contribution in [0.3, 0.4) is 0 Å². The van der Waals surface area contributed by atoms with Gasteiger partial charge < -0.3 is 30.5 Å². The molecule has 0 radical (unpaired) electrons. The van der Waals surface area contributed by atoms with Gasteiger partial charge in [0.15, 0.2) is 17.5 Å². The van der Waals surface area contributed by atoms with Crippen molar-refractivity contribution in [2.75, 3.05) is 43.9 Å². The molecule has 0 saturated carbocycles. The zero-order valence-corrected chi connectivity index (χ0v) is 17.7. The highest BCUT2D eigenvalue weighted by Crippen LogP contribution is 2.26. The maximum atomic E-state index is 14.4. The molecule has 1 aromatic heterocycles. The molecule has 170 valence electrons. The number of nitrogens with zero attached hydrogens (tertiary/aromatic N) is 3. The highest BCUT2D eigenvalue weighted by atomic mass is 35.5. The number of hydrogen-bond acceptors (Lipinski definition) is 6. The van der Waals surface area contributed by atoms with Gasteiger partial charge in [-0.2, -0.15) is 0 Å². The number of amidine groups is 1. The normalized spacial score (nSPS) is 17.7. The van der Waals surface area contributed by atoms with Gasteiger partial charge in [-0.05, 0) is 31.3 Å². The van der Waals surface area contributed by atoms with Gasteiger partial charge in [-0.1, -0.05) is 16.8 Å². The minimum Gasteiger partial charge on any atom is -0.409 e. The molecule has 1 unspecified atom stereocenters. The lowest BCUT2D eigenvalue weighted by Gasteiger charge is -2.29. The number of ether oxygens (including phenoxy) is 1. The van der Waals surface area contributed by atoms with E-state index in [9.17, 15) is 18.4 Å². The van der Waals surface area contributed by atoms with Crippen molar-refractivity contribution in [3.05, 3.63) is 52.3 Å². The molecule has 1 fully saturated rings. The van der Waals surface area contributed by atoms with Gasteiger partial charge in [-0.3, -0.25) is 0 Å². The van der Waals surface area contributed by atoms with Crippen molar-refractivity contribution < 1.29 is 23.1 Å². The summed E-state index contributed by atoms with van der Waals surface area (Å²) in [5.41, 5.74) is 0.111. The average molecular weight is 469 g/mol. The zero-order valence-electron chi connectivity index (χ0n) is 16.9. The Morgan fingerprint density at radius 1 is 1.34 bits per heavy atom. The topological polar surface area (TPSA) is 97.8 Å². The molecule has 4 rings (SSSR count). The Hall–Kier alpha value is -3.02. The minimum atomic E-state index is -1.18. The van der Waals surface area contributed by atoms with Crippen molar-refractivity contribution in [3.8, 4) is 0 Å². The first-order chi connectivity index (χ1) is 15.4. The lowest BCUT2D eigenvalue weighted by Crippen LogP contribution is -2.43. The molecular weight excluding hydrogens is 449 g/mol. The number of H-pyrrole nitrogens is 1. The molecule has 12 heteroatoms. The molecule has 0 aliphatic carbocycles. The molecule has 1 saturated heterocycles. The summed E-state index contributed by atoms with van der Waals surface area (Å²) in [5, 5.41) is 18.3. The van der Waals surface area contributed by atoms with Crippen LogP contribution in [0.1, 0.15) is 5.56 Å². The van der Waals surface area contributed by atoms with Gasteiger partial charge in [0, 0.05) is 30.9 Å². The highest BCUT2D eigenvalue weighted by molar-refractivity contribution is 6.31. The van der Waals surface area contributed by atoms with Gasteiger partial charge in [-0.25, -0.2) is 18.2 Å². The van der Waals surface area contributed by atoms with Crippen LogP contribution in [0.2, 0.25) is 5.02 Å². The number of morpholine rings is 1. The van der Waals surface area contributed by atoms with Gasteiger partial charge in [0.25, 0.3) is 0 Å². The number of imidazole rings is 1. The third-order valence-corrected chi connectivity index (χ3v) is 5.33. The zero-order chi connectivity index (χ0) is 22.8. The summed E-state index contributed by atoms with van der Waals surface area (Å²) < 4.78 is 47.8. The smallest absolute Gasteiger partial charge is 0.201 e. The van der Waals surface area contributed by atoms with E-state index in [4.69, 9.17) is 16.3 Å². The number of likely N-dealkylation sites (N-methyl/N-ethyl adjacent to an activating group) is 1. The summed E-state index contributed by atoms with van der Waals surface area (Å²) in [6, 6.07) is 4.60. The van der Waals surface area contributed by atoms with E-state index in [1.807, 2.05) is 7.05 Å². The number of aromatic amines is 1. The number of rotatable bonds is 5. The third kappa shape index (κ3) is 4.59. The van der Waals surface area contributed by atoms with Crippen molar-refractivity contribution in [3.63, 3.8) is 0 Å². The molecule has 8 nitrogen and oxygen atoms in total. The van der Waals surface area contributed by atoms with Crippen molar-refractivity contribution in [1.29, 1.82) is 0 Å². The molecule has 0 spiro atoms. The van der Waals surface area contributed by atoms with E-state index in [-0.39, 0.29) is 45.2 Å². The van der Waals surface area contributed by atoms with E-state index in [0.29, 0.717) is 19.7 Å². The SMILES string of the molecule is CN1CCOC(CNc2nc3c(F)c(F)cc(/C(=N/O)Nc4ccc(F)c(Cl)c4)c3[nH]2)C1. The van der Waals surface area contributed by atoms with Crippen LogP contribution in [-0.2, 0) is 4.74 Å². The number of nitrogens with one attached hydrogen (secondary N) is 3. The molecule has 2 heterocycles. The summed E-state index contributed by atoms with van der Waals surface area (Å²) in [6.07, 6.45) is -0.0949. The van der Waals surface area contributed by atoms with E-state index < -0.39 is 17.5 Å². The van der Waals surface area contributed by atoms with E-state index >= 15 is 0 Å². The summed E-state index contributed by atoms with van der Waals surface area (Å²) in [5.74, 6) is -2.98.